The summed E-state index contributed by atoms with van der Waals surface area (Å²) in [5, 5.41) is 15.2. The van der Waals surface area contributed by atoms with Gasteiger partial charge in [-0.25, -0.2) is 4.99 Å². The first-order valence-corrected chi connectivity index (χ1v) is 10.5. The van der Waals surface area contributed by atoms with Gasteiger partial charge in [-0.1, -0.05) is 18.2 Å². The van der Waals surface area contributed by atoms with Crippen molar-refractivity contribution in [3.63, 3.8) is 0 Å². The van der Waals surface area contributed by atoms with Gasteiger partial charge in [-0.3, -0.25) is 4.90 Å². The van der Waals surface area contributed by atoms with E-state index >= 15 is 0 Å². The van der Waals surface area contributed by atoms with E-state index in [1.807, 2.05) is 36.7 Å². The van der Waals surface area contributed by atoms with Crippen molar-refractivity contribution in [1.82, 2.24) is 30.3 Å². The van der Waals surface area contributed by atoms with Crippen LogP contribution < -0.4 is 15.4 Å². The summed E-state index contributed by atoms with van der Waals surface area (Å²) in [5.74, 6) is 3.41. The summed E-state index contributed by atoms with van der Waals surface area (Å²) in [4.78, 5) is 7.12. The second-order valence-corrected chi connectivity index (χ2v) is 7.26. The Morgan fingerprint density at radius 3 is 2.61 bits per heavy atom. The van der Waals surface area contributed by atoms with Gasteiger partial charge in [0.05, 0.1) is 20.3 Å². The van der Waals surface area contributed by atoms with E-state index in [9.17, 15) is 0 Å². The Labute approximate surface area is 201 Å². The molecule has 0 atom stereocenters. The molecule has 31 heavy (non-hydrogen) atoms. The molecule has 2 heterocycles. The SMILES string of the molecule is COc1ccccc1CCNC(=NCc1nnc(C)n1C)NCCN1CCOCC1.I. The van der Waals surface area contributed by atoms with Gasteiger partial charge >= 0.3 is 0 Å². The van der Waals surface area contributed by atoms with Crippen LogP contribution in [0.2, 0.25) is 0 Å². The molecule has 0 bridgehead atoms. The highest BCUT2D eigenvalue weighted by Gasteiger charge is 2.10. The molecule has 0 saturated carbocycles. The predicted octanol–water partition coefficient (Wildman–Crippen LogP) is 1.36. The monoisotopic (exact) mass is 543 g/mol. The minimum atomic E-state index is 0. The third-order valence-corrected chi connectivity index (χ3v) is 5.26. The average Bonchev–Trinajstić information content (AvgIpc) is 3.10. The molecule has 10 heteroatoms. The Balaban J connectivity index is 0.00000341. The number of hydrogen-bond donors (Lipinski definition) is 2. The van der Waals surface area contributed by atoms with Crippen LogP contribution in [-0.4, -0.2) is 78.7 Å². The Morgan fingerprint density at radius 1 is 1.16 bits per heavy atom. The van der Waals surface area contributed by atoms with Gasteiger partial charge in [-0.15, -0.1) is 34.2 Å². The van der Waals surface area contributed by atoms with Crippen molar-refractivity contribution in [1.29, 1.82) is 0 Å². The van der Waals surface area contributed by atoms with Gasteiger partial charge < -0.3 is 24.7 Å². The van der Waals surface area contributed by atoms with E-state index in [1.54, 1.807) is 7.11 Å². The van der Waals surface area contributed by atoms with Crippen molar-refractivity contribution in [3.8, 4) is 5.75 Å². The zero-order chi connectivity index (χ0) is 21.2. The minimum Gasteiger partial charge on any atom is -0.496 e. The summed E-state index contributed by atoms with van der Waals surface area (Å²) in [6, 6.07) is 8.09. The molecular formula is C21H34IN7O2. The number of ether oxygens (including phenoxy) is 2. The fourth-order valence-corrected chi connectivity index (χ4v) is 3.30. The highest BCUT2D eigenvalue weighted by molar-refractivity contribution is 14.0. The molecule has 2 aromatic rings. The number of aromatic nitrogens is 3. The quantitative estimate of drug-likeness (QED) is 0.281. The number of nitrogens with zero attached hydrogens (tertiary/aromatic N) is 5. The molecule has 1 saturated heterocycles. The lowest BCUT2D eigenvalue weighted by atomic mass is 10.1. The van der Waals surface area contributed by atoms with Gasteiger partial charge in [-0.05, 0) is 25.0 Å². The Kier molecular flexibility index (Phi) is 11.0. The molecule has 0 amide bonds. The number of morpholine rings is 1. The molecule has 172 valence electrons. The highest BCUT2D eigenvalue weighted by Crippen LogP contribution is 2.17. The summed E-state index contributed by atoms with van der Waals surface area (Å²) in [7, 11) is 3.66. The van der Waals surface area contributed by atoms with Crippen LogP contribution in [0.5, 0.6) is 5.75 Å². The van der Waals surface area contributed by atoms with Gasteiger partial charge in [-0.2, -0.15) is 0 Å². The van der Waals surface area contributed by atoms with Crippen LogP contribution >= 0.6 is 24.0 Å². The fourth-order valence-electron chi connectivity index (χ4n) is 3.30. The highest BCUT2D eigenvalue weighted by atomic mass is 127. The fraction of sp³-hybridized carbons (Fsp3) is 0.571. The zero-order valence-corrected chi connectivity index (χ0v) is 21.0. The van der Waals surface area contributed by atoms with Gasteiger partial charge in [0.1, 0.15) is 18.1 Å². The largest absolute Gasteiger partial charge is 0.496 e. The number of methoxy groups -OCH3 is 1. The molecule has 1 aliphatic heterocycles. The van der Waals surface area contributed by atoms with Gasteiger partial charge in [0, 0.05) is 39.8 Å². The summed E-state index contributed by atoms with van der Waals surface area (Å²) in [5.41, 5.74) is 1.17. The minimum absolute atomic E-state index is 0. The topological polar surface area (TPSA) is 88.8 Å². The second kappa shape index (κ2) is 13.5. The lowest BCUT2D eigenvalue weighted by Crippen LogP contribution is -2.44. The van der Waals surface area contributed by atoms with Crippen molar-refractivity contribution in [3.05, 3.63) is 41.5 Å². The molecule has 1 aromatic heterocycles. The number of guanidine groups is 1. The number of aliphatic imine (C=N–C) groups is 1. The number of nitrogens with one attached hydrogen (secondary N) is 2. The molecule has 1 aliphatic rings. The van der Waals surface area contributed by atoms with Gasteiger partial charge in [0.15, 0.2) is 11.8 Å². The first-order valence-electron chi connectivity index (χ1n) is 10.5. The van der Waals surface area contributed by atoms with Gasteiger partial charge in [0.25, 0.3) is 0 Å². The van der Waals surface area contributed by atoms with E-state index in [4.69, 9.17) is 14.5 Å². The van der Waals surface area contributed by atoms with E-state index in [2.05, 4.69) is 31.8 Å². The van der Waals surface area contributed by atoms with Crippen LogP contribution in [0.15, 0.2) is 29.3 Å². The molecule has 1 fully saturated rings. The molecule has 0 spiro atoms. The van der Waals surface area contributed by atoms with Crippen molar-refractivity contribution in [2.24, 2.45) is 12.0 Å². The van der Waals surface area contributed by atoms with Crippen molar-refractivity contribution in [2.45, 2.75) is 19.9 Å². The van der Waals surface area contributed by atoms with Crippen molar-refractivity contribution in [2.75, 3.05) is 53.0 Å². The lowest BCUT2D eigenvalue weighted by Gasteiger charge is -2.26. The Bertz CT molecular complexity index is 822. The number of para-hydroxylation sites is 1. The van der Waals surface area contributed by atoms with E-state index in [-0.39, 0.29) is 24.0 Å². The van der Waals surface area contributed by atoms with Crippen molar-refractivity contribution < 1.29 is 9.47 Å². The van der Waals surface area contributed by atoms with E-state index in [0.717, 1.165) is 75.7 Å². The third-order valence-electron chi connectivity index (χ3n) is 5.26. The Hall–Kier alpha value is -1.92. The van der Waals surface area contributed by atoms with E-state index in [0.29, 0.717) is 6.54 Å². The third kappa shape index (κ3) is 7.93. The summed E-state index contributed by atoms with van der Waals surface area (Å²) < 4.78 is 12.8. The normalized spacial score (nSPS) is 14.7. The maximum atomic E-state index is 5.45. The number of halogens is 1. The number of aryl methyl sites for hydroxylation is 1. The van der Waals surface area contributed by atoms with Crippen LogP contribution in [0.3, 0.4) is 0 Å². The zero-order valence-electron chi connectivity index (χ0n) is 18.6. The molecule has 3 rings (SSSR count). The first kappa shape index (κ1) is 25.3. The van der Waals surface area contributed by atoms with Crippen LogP contribution in [-0.2, 0) is 24.8 Å². The molecule has 2 N–H and O–H groups in total. The molecule has 0 radical (unpaired) electrons. The molecule has 0 unspecified atom stereocenters. The summed E-state index contributed by atoms with van der Waals surface area (Å²) >= 11 is 0. The lowest BCUT2D eigenvalue weighted by molar-refractivity contribution is 0.0389. The Morgan fingerprint density at radius 2 is 1.90 bits per heavy atom. The molecule has 9 nitrogen and oxygen atoms in total. The van der Waals surface area contributed by atoms with Crippen LogP contribution in [0.4, 0.5) is 0 Å². The standard InChI is InChI=1S/C21H33N7O2.HI/c1-17-25-26-20(27(17)2)16-24-21(23-10-11-28-12-14-30-15-13-28)22-9-8-18-6-4-5-7-19(18)29-3;/h4-7H,8-16H2,1-3H3,(H2,22,23,24);1H. The number of benzene rings is 1. The van der Waals surface area contributed by atoms with E-state index in [1.165, 1.54) is 5.56 Å². The van der Waals surface area contributed by atoms with Crippen LogP contribution in [0, 0.1) is 6.92 Å². The van der Waals surface area contributed by atoms with Crippen LogP contribution in [0.1, 0.15) is 17.2 Å². The van der Waals surface area contributed by atoms with Crippen LogP contribution in [0.25, 0.3) is 0 Å². The smallest absolute Gasteiger partial charge is 0.191 e. The molecular weight excluding hydrogens is 509 g/mol. The first-order chi connectivity index (χ1) is 14.7. The second-order valence-electron chi connectivity index (χ2n) is 7.26. The van der Waals surface area contributed by atoms with Crippen molar-refractivity contribution >= 4 is 29.9 Å². The maximum Gasteiger partial charge on any atom is 0.191 e. The number of hydrogen-bond acceptors (Lipinski definition) is 6. The number of rotatable bonds is 9. The van der Waals surface area contributed by atoms with E-state index < -0.39 is 0 Å². The predicted molar refractivity (Wildman–Crippen MR) is 132 cm³/mol. The summed E-state index contributed by atoms with van der Waals surface area (Å²) in [6.07, 6.45) is 0.844. The summed E-state index contributed by atoms with van der Waals surface area (Å²) in [6.45, 7) is 8.51. The molecule has 1 aromatic carbocycles. The van der Waals surface area contributed by atoms with Gasteiger partial charge in [0.2, 0.25) is 0 Å². The average molecular weight is 543 g/mol. The maximum absolute atomic E-state index is 5.45. The molecule has 0 aliphatic carbocycles.